The number of phosphoric ester groups is 1. The van der Waals surface area contributed by atoms with Crippen LogP contribution < -0.4 is 0 Å². The van der Waals surface area contributed by atoms with Gasteiger partial charge in [-0.3, -0.25) is 23.4 Å². The summed E-state index contributed by atoms with van der Waals surface area (Å²) in [6.45, 7) is 4.27. The van der Waals surface area contributed by atoms with E-state index in [9.17, 15) is 23.8 Å². The van der Waals surface area contributed by atoms with E-state index in [4.69, 9.17) is 18.5 Å². The Morgan fingerprint density at radius 1 is 0.541 bits per heavy atom. The number of unbranched alkanes of at least 4 members (excludes halogenated alkanes) is 27. The largest absolute Gasteiger partial charge is 0.472 e. The van der Waals surface area contributed by atoms with Crippen LogP contribution in [0.15, 0.2) is 24.3 Å². The summed E-state index contributed by atoms with van der Waals surface area (Å²) in [5.41, 5.74) is 0. The Morgan fingerprint density at radius 2 is 0.967 bits per heavy atom. The van der Waals surface area contributed by atoms with Gasteiger partial charge in [0.15, 0.2) is 11.9 Å². The molecule has 0 bridgehead atoms. The van der Waals surface area contributed by atoms with E-state index in [-0.39, 0.29) is 31.8 Å². The highest BCUT2D eigenvalue weighted by Gasteiger charge is 2.27. The fraction of sp³-hybridized carbons (Fsp3) is 0.860. The maximum atomic E-state index is 12.7. The molecule has 0 aliphatic heterocycles. The molecule has 0 aliphatic rings. The molecule has 0 aliphatic carbocycles. The van der Waals surface area contributed by atoms with E-state index in [1.165, 1.54) is 128 Å². The van der Waals surface area contributed by atoms with Crippen molar-refractivity contribution in [1.29, 1.82) is 0 Å². The molecule has 0 aromatic carbocycles. The zero-order valence-electron chi connectivity index (χ0n) is 40.2. The van der Waals surface area contributed by atoms with Crippen molar-refractivity contribution < 1.29 is 46.8 Å². The number of nitrogens with zero attached hydrogens (tertiary/aromatic N) is 1. The second kappa shape index (κ2) is 42.1. The van der Waals surface area contributed by atoms with Crippen LogP contribution >= 0.6 is 7.82 Å². The van der Waals surface area contributed by atoms with Crippen molar-refractivity contribution in [3.8, 4) is 0 Å². The minimum atomic E-state index is -4.40. The Balaban J connectivity index is 4.29. The minimum absolute atomic E-state index is 0.0143. The van der Waals surface area contributed by atoms with E-state index in [1.54, 1.807) is 6.08 Å². The molecule has 11 heteroatoms. The van der Waals surface area contributed by atoms with Crippen molar-refractivity contribution in [3.05, 3.63) is 24.3 Å². The van der Waals surface area contributed by atoms with Crippen molar-refractivity contribution in [1.82, 2.24) is 0 Å². The summed E-state index contributed by atoms with van der Waals surface area (Å²) in [6.07, 6.45) is 43.3. The van der Waals surface area contributed by atoms with Gasteiger partial charge < -0.3 is 18.9 Å². The van der Waals surface area contributed by atoms with Crippen LogP contribution in [0.1, 0.15) is 226 Å². The number of rotatable bonds is 46. The van der Waals surface area contributed by atoms with E-state index in [2.05, 4.69) is 19.9 Å². The number of hydrogen-bond donors (Lipinski definition) is 1. The van der Waals surface area contributed by atoms with Crippen LogP contribution in [0.5, 0.6) is 0 Å². The molecule has 1 unspecified atom stereocenters. The smallest absolute Gasteiger partial charge is 0.462 e. The van der Waals surface area contributed by atoms with Crippen LogP contribution in [0.4, 0.5) is 0 Å². The van der Waals surface area contributed by atoms with E-state index in [1.807, 2.05) is 33.3 Å². The first-order valence-corrected chi connectivity index (χ1v) is 26.5. The highest BCUT2D eigenvalue weighted by molar-refractivity contribution is 7.47. The second-order valence-corrected chi connectivity index (χ2v) is 19.7. The van der Waals surface area contributed by atoms with Gasteiger partial charge in [0.2, 0.25) is 0 Å². The van der Waals surface area contributed by atoms with Gasteiger partial charge in [-0.25, -0.2) is 4.57 Å². The van der Waals surface area contributed by atoms with Crippen molar-refractivity contribution in [2.75, 3.05) is 47.5 Å². The topological polar surface area (TPSA) is 125 Å². The predicted octanol–water partition coefficient (Wildman–Crippen LogP) is 13.9. The van der Waals surface area contributed by atoms with Crippen molar-refractivity contribution in [2.24, 2.45) is 0 Å². The molecule has 0 radical (unpaired) electrons. The molecular formula is C50H95NO9P+. The maximum Gasteiger partial charge on any atom is 0.472 e. The van der Waals surface area contributed by atoms with Crippen LogP contribution in [0, 0.1) is 0 Å². The lowest BCUT2D eigenvalue weighted by Gasteiger charge is -2.24. The molecule has 0 fully saturated rings. The molecule has 0 aromatic rings. The number of ether oxygens (including phenoxy) is 2. The van der Waals surface area contributed by atoms with Crippen LogP contribution in [0.3, 0.4) is 0 Å². The number of esters is 2. The molecule has 10 nitrogen and oxygen atoms in total. The molecule has 0 aromatic heterocycles. The van der Waals surface area contributed by atoms with Gasteiger partial charge in [0.05, 0.1) is 27.7 Å². The summed E-state index contributed by atoms with van der Waals surface area (Å²) in [5.74, 6) is -0.751. The Morgan fingerprint density at radius 3 is 1.44 bits per heavy atom. The fourth-order valence-electron chi connectivity index (χ4n) is 7.00. The number of phosphoric acid groups is 1. The van der Waals surface area contributed by atoms with Gasteiger partial charge >= 0.3 is 19.8 Å². The number of hydrogen-bond acceptors (Lipinski definition) is 8. The predicted molar refractivity (Wildman–Crippen MR) is 252 cm³/mol. The van der Waals surface area contributed by atoms with Gasteiger partial charge in [-0.1, -0.05) is 193 Å². The summed E-state index contributed by atoms with van der Waals surface area (Å²) >= 11 is 0. The van der Waals surface area contributed by atoms with Gasteiger partial charge in [0, 0.05) is 19.3 Å². The van der Waals surface area contributed by atoms with Gasteiger partial charge in [-0.2, -0.15) is 0 Å². The molecule has 2 atom stereocenters. The van der Waals surface area contributed by atoms with Gasteiger partial charge in [0.1, 0.15) is 19.8 Å². The molecule has 0 saturated heterocycles. The van der Waals surface area contributed by atoms with Crippen molar-refractivity contribution in [2.45, 2.75) is 232 Å². The van der Waals surface area contributed by atoms with Crippen molar-refractivity contribution in [3.63, 3.8) is 0 Å². The average molecular weight is 885 g/mol. The summed E-state index contributed by atoms with van der Waals surface area (Å²) in [5, 5.41) is 0. The number of carbonyl (C=O) groups excluding carboxylic acids is 3. The monoisotopic (exact) mass is 885 g/mol. The Hall–Kier alpha value is -1.84. The maximum absolute atomic E-state index is 12.7. The lowest BCUT2D eigenvalue weighted by molar-refractivity contribution is -0.870. The zero-order valence-corrected chi connectivity index (χ0v) is 41.1. The summed E-state index contributed by atoms with van der Waals surface area (Å²) < 4.78 is 34.3. The molecule has 0 amide bonds. The highest BCUT2D eigenvalue weighted by Crippen LogP contribution is 2.43. The number of allylic oxidation sites excluding steroid dienone is 4. The first-order valence-electron chi connectivity index (χ1n) is 25.0. The first kappa shape index (κ1) is 59.2. The van der Waals surface area contributed by atoms with E-state index >= 15 is 0 Å². The zero-order chi connectivity index (χ0) is 45.1. The summed E-state index contributed by atoms with van der Waals surface area (Å²) in [6, 6.07) is 0. The average Bonchev–Trinajstić information content (AvgIpc) is 3.21. The van der Waals surface area contributed by atoms with Gasteiger partial charge in [0.25, 0.3) is 0 Å². The molecule has 0 heterocycles. The highest BCUT2D eigenvalue weighted by atomic mass is 31.2. The van der Waals surface area contributed by atoms with Gasteiger partial charge in [-0.15, -0.1) is 0 Å². The quantitative estimate of drug-likeness (QED) is 0.0159. The number of quaternary nitrogens is 1. The molecule has 0 rings (SSSR count). The minimum Gasteiger partial charge on any atom is -0.462 e. The van der Waals surface area contributed by atoms with E-state index in [0.717, 1.165) is 51.4 Å². The second-order valence-electron chi connectivity index (χ2n) is 18.2. The van der Waals surface area contributed by atoms with E-state index in [0.29, 0.717) is 30.3 Å². The SMILES string of the molecule is CCCCC/C=C\C=C\C(=O)CCCCCCCC(=O)OC[C@H](COP(=O)(O)OCC[N+](C)(C)C)OC(=O)CCCCCCCCCCCCCCCCCCCCCCC. The van der Waals surface area contributed by atoms with Crippen LogP contribution in [-0.4, -0.2) is 80.7 Å². The van der Waals surface area contributed by atoms with Crippen LogP contribution in [0.25, 0.3) is 0 Å². The van der Waals surface area contributed by atoms with Crippen LogP contribution in [0.2, 0.25) is 0 Å². The Labute approximate surface area is 374 Å². The molecule has 358 valence electrons. The lowest BCUT2D eigenvalue weighted by atomic mass is 10.0. The fourth-order valence-corrected chi connectivity index (χ4v) is 7.74. The Kier molecular flexibility index (Phi) is 40.9. The molecule has 0 saturated carbocycles. The van der Waals surface area contributed by atoms with Crippen molar-refractivity contribution >= 4 is 25.5 Å². The third-order valence-corrected chi connectivity index (χ3v) is 11.9. The molecular weight excluding hydrogens is 790 g/mol. The van der Waals surface area contributed by atoms with Crippen LogP contribution in [-0.2, 0) is 37.5 Å². The number of likely N-dealkylation sites (N-methyl/N-ethyl adjacent to an activating group) is 1. The Bertz CT molecular complexity index is 1150. The van der Waals surface area contributed by atoms with Gasteiger partial charge in [-0.05, 0) is 38.2 Å². The molecule has 1 N–H and O–H groups in total. The summed E-state index contributed by atoms with van der Waals surface area (Å²) in [7, 11) is 1.42. The molecule has 0 spiro atoms. The first-order chi connectivity index (χ1) is 29.4. The standard InChI is InChI=1S/C50H94NO9P/c1-6-8-10-12-14-15-16-17-18-19-20-21-22-23-24-25-26-27-29-33-38-42-50(54)60-48(46-59-61(55,56)58-44-43-51(3,4)5)45-57-49(53)41-37-34-30-32-36-40-47(52)39-35-31-28-13-11-9-7-2/h28,31,35,39,48H,6-27,29-30,32-34,36-38,40-46H2,1-5H3/p+1/b31-28-,39-35+/t48-/m1/s1. The van der Waals surface area contributed by atoms with E-state index < -0.39 is 32.5 Å². The molecule has 61 heavy (non-hydrogen) atoms. The normalized spacial score (nSPS) is 13.5. The third kappa shape index (κ3) is 46.0. The number of carbonyl (C=O) groups is 3. The lowest BCUT2D eigenvalue weighted by Crippen LogP contribution is -2.37. The summed E-state index contributed by atoms with van der Waals surface area (Å²) in [4.78, 5) is 47.5. The third-order valence-electron chi connectivity index (χ3n) is 11.0. The number of ketones is 1.